The highest BCUT2D eigenvalue weighted by Crippen LogP contribution is 2.35. The third-order valence-corrected chi connectivity index (χ3v) is 5.77. The summed E-state index contributed by atoms with van der Waals surface area (Å²) in [6, 6.07) is 7.75. The Morgan fingerprint density at radius 3 is 2.74 bits per heavy atom. The Labute approximate surface area is 193 Å². The van der Waals surface area contributed by atoms with Crippen LogP contribution in [0, 0.1) is 6.92 Å². The van der Waals surface area contributed by atoms with Crippen LogP contribution in [0.2, 0.25) is 0 Å². The van der Waals surface area contributed by atoms with Crippen molar-refractivity contribution in [3.63, 3.8) is 0 Å². The van der Waals surface area contributed by atoms with Crippen LogP contribution in [0.1, 0.15) is 28.7 Å². The highest BCUT2D eigenvalue weighted by Gasteiger charge is 2.29. The number of alkyl halides is 2. The highest BCUT2D eigenvalue weighted by atomic mass is 19.3. The molecule has 0 aliphatic carbocycles. The zero-order chi connectivity index (χ0) is 24.0. The Bertz CT molecular complexity index is 1370. The maximum Gasteiger partial charge on any atom is 0.394 e. The first kappa shape index (κ1) is 21.9. The first-order valence-electron chi connectivity index (χ1n) is 10.8. The number of carbonyl (C=O) groups is 1. The lowest BCUT2D eigenvalue weighted by Crippen LogP contribution is -2.45. The molecule has 1 amide bonds. The van der Waals surface area contributed by atoms with E-state index in [1.807, 2.05) is 13.0 Å². The van der Waals surface area contributed by atoms with Gasteiger partial charge < -0.3 is 23.5 Å². The molecule has 0 bridgehead atoms. The normalized spacial score (nSPS) is 15.4. The molecule has 0 saturated carbocycles. The van der Waals surface area contributed by atoms with Gasteiger partial charge in [0, 0.05) is 38.3 Å². The second-order valence-electron chi connectivity index (χ2n) is 8.32. The largest absolute Gasteiger partial charge is 0.489 e. The van der Waals surface area contributed by atoms with E-state index in [4.69, 9.17) is 9.47 Å². The summed E-state index contributed by atoms with van der Waals surface area (Å²) in [6.45, 7) is 3.72. The molecule has 5 rings (SSSR count). The molecule has 0 atom stereocenters. The van der Waals surface area contributed by atoms with Gasteiger partial charge in [-0.2, -0.15) is 8.78 Å². The van der Waals surface area contributed by atoms with Gasteiger partial charge in [0.25, 0.3) is 11.5 Å². The molecule has 1 aromatic carbocycles. The number of benzene rings is 1. The smallest absolute Gasteiger partial charge is 0.394 e. The van der Waals surface area contributed by atoms with Crippen molar-refractivity contribution >= 4 is 11.5 Å². The molecule has 0 unspecified atom stereocenters. The Hall–Kier alpha value is -3.95. The van der Waals surface area contributed by atoms with E-state index in [1.54, 1.807) is 40.2 Å². The van der Waals surface area contributed by atoms with Gasteiger partial charge in [-0.3, -0.25) is 9.59 Å². The number of amides is 1. The van der Waals surface area contributed by atoms with Crippen molar-refractivity contribution in [1.82, 2.24) is 19.0 Å². The quantitative estimate of drug-likeness (QED) is 0.575. The second kappa shape index (κ2) is 8.12. The average Bonchev–Trinajstić information content (AvgIpc) is 3.21. The molecule has 0 radical (unpaired) electrons. The van der Waals surface area contributed by atoms with E-state index in [0.29, 0.717) is 49.3 Å². The molecule has 0 fully saturated rings. The van der Waals surface area contributed by atoms with E-state index in [2.05, 4.69) is 4.98 Å². The summed E-state index contributed by atoms with van der Waals surface area (Å²) in [5.74, 6) is 0.260. The minimum Gasteiger partial charge on any atom is -0.489 e. The number of nitrogens with zero attached hydrogens (tertiary/aromatic N) is 4. The van der Waals surface area contributed by atoms with E-state index in [-0.39, 0.29) is 23.8 Å². The number of halogens is 2. The fraction of sp³-hybridized carbons (Fsp3) is 0.292. The van der Waals surface area contributed by atoms with Gasteiger partial charge in [-0.05, 0) is 48.9 Å². The van der Waals surface area contributed by atoms with Crippen molar-refractivity contribution in [2.75, 3.05) is 19.7 Å². The number of rotatable bonds is 5. The number of fused-ring (bicyclic) bond motifs is 2. The standard InChI is InChI=1S/C24H22F2N4O4/c1-15-12-29(14-27-15)19-4-5-20-22(31)28(8-9-30(20)23(19)32)13-16-7-10-33-21-6-3-17(11-18(16)21)34-24(2,25)26/h3-7,11-12,14H,8-10,13H2,1-2H3. The predicted octanol–water partition coefficient (Wildman–Crippen LogP) is 3.27. The van der Waals surface area contributed by atoms with E-state index in [0.717, 1.165) is 11.3 Å². The Kier molecular flexibility index (Phi) is 5.22. The molecule has 4 heterocycles. The van der Waals surface area contributed by atoms with Gasteiger partial charge in [-0.15, -0.1) is 0 Å². The molecule has 34 heavy (non-hydrogen) atoms. The molecule has 10 heteroatoms. The lowest BCUT2D eigenvalue weighted by Gasteiger charge is -2.31. The van der Waals surface area contributed by atoms with Crippen LogP contribution in [0.15, 0.2) is 53.7 Å². The summed E-state index contributed by atoms with van der Waals surface area (Å²) < 4.78 is 40.1. The molecular formula is C24H22F2N4O4. The summed E-state index contributed by atoms with van der Waals surface area (Å²) >= 11 is 0. The third-order valence-electron chi connectivity index (χ3n) is 5.77. The van der Waals surface area contributed by atoms with Crippen LogP contribution < -0.4 is 15.0 Å². The summed E-state index contributed by atoms with van der Waals surface area (Å²) in [5.41, 5.74) is 2.60. The molecule has 2 aromatic heterocycles. The van der Waals surface area contributed by atoms with Crippen LogP contribution in [0.5, 0.6) is 11.5 Å². The first-order chi connectivity index (χ1) is 16.2. The fourth-order valence-corrected chi connectivity index (χ4v) is 4.21. The van der Waals surface area contributed by atoms with Gasteiger partial charge in [0.2, 0.25) is 0 Å². The molecule has 0 N–H and O–H groups in total. The van der Waals surface area contributed by atoms with Crippen LogP contribution in [-0.2, 0) is 6.54 Å². The summed E-state index contributed by atoms with van der Waals surface area (Å²) in [4.78, 5) is 32.0. The molecule has 2 aliphatic rings. The predicted molar refractivity (Wildman–Crippen MR) is 120 cm³/mol. The van der Waals surface area contributed by atoms with E-state index in [1.165, 1.54) is 16.7 Å². The number of hydrogen-bond acceptors (Lipinski definition) is 5. The number of ether oxygens (including phenoxy) is 2. The van der Waals surface area contributed by atoms with Crippen LogP contribution in [0.3, 0.4) is 0 Å². The first-order valence-corrected chi connectivity index (χ1v) is 10.8. The Morgan fingerprint density at radius 2 is 2.00 bits per heavy atom. The van der Waals surface area contributed by atoms with Crippen molar-refractivity contribution in [2.24, 2.45) is 0 Å². The van der Waals surface area contributed by atoms with Crippen LogP contribution in [-0.4, -0.2) is 50.7 Å². The van der Waals surface area contributed by atoms with Crippen molar-refractivity contribution in [3.8, 4) is 17.2 Å². The van der Waals surface area contributed by atoms with Gasteiger partial charge in [-0.1, -0.05) is 0 Å². The van der Waals surface area contributed by atoms with Gasteiger partial charge in [0.15, 0.2) is 0 Å². The lowest BCUT2D eigenvalue weighted by atomic mass is 10.0. The summed E-state index contributed by atoms with van der Waals surface area (Å²) in [6.07, 6.45) is 1.82. The van der Waals surface area contributed by atoms with Gasteiger partial charge in [0.05, 0.1) is 12.0 Å². The summed E-state index contributed by atoms with van der Waals surface area (Å²) in [7, 11) is 0. The van der Waals surface area contributed by atoms with E-state index in [9.17, 15) is 18.4 Å². The fourth-order valence-electron chi connectivity index (χ4n) is 4.21. The number of aromatic nitrogens is 3. The second-order valence-corrected chi connectivity index (χ2v) is 8.32. The molecule has 0 saturated heterocycles. The summed E-state index contributed by atoms with van der Waals surface area (Å²) in [5, 5.41) is 0. The maximum atomic E-state index is 13.3. The van der Waals surface area contributed by atoms with Crippen molar-refractivity contribution in [2.45, 2.75) is 26.5 Å². The minimum absolute atomic E-state index is 0.00628. The molecule has 2 aliphatic heterocycles. The van der Waals surface area contributed by atoms with Gasteiger partial charge >= 0.3 is 6.11 Å². The Morgan fingerprint density at radius 1 is 1.18 bits per heavy atom. The monoisotopic (exact) mass is 468 g/mol. The van der Waals surface area contributed by atoms with Gasteiger partial charge in [0.1, 0.15) is 29.5 Å². The van der Waals surface area contributed by atoms with Crippen molar-refractivity contribution < 1.29 is 23.0 Å². The maximum absolute atomic E-state index is 13.3. The highest BCUT2D eigenvalue weighted by molar-refractivity contribution is 5.94. The zero-order valence-electron chi connectivity index (χ0n) is 18.6. The lowest BCUT2D eigenvalue weighted by molar-refractivity contribution is -0.158. The molecule has 8 nitrogen and oxygen atoms in total. The Balaban J connectivity index is 1.40. The molecule has 0 spiro atoms. The topological polar surface area (TPSA) is 78.6 Å². The number of carbonyl (C=O) groups excluding carboxylic acids is 1. The molecule has 176 valence electrons. The van der Waals surface area contributed by atoms with Crippen molar-refractivity contribution in [3.05, 3.63) is 76.2 Å². The zero-order valence-corrected chi connectivity index (χ0v) is 18.6. The van der Waals surface area contributed by atoms with Crippen molar-refractivity contribution in [1.29, 1.82) is 0 Å². The SMILES string of the molecule is Cc1cn(-c2ccc3n(c2=O)CCN(CC2=CCOc4ccc(OC(C)(F)F)cc42)C3=O)cn1. The van der Waals surface area contributed by atoms with E-state index < -0.39 is 6.11 Å². The van der Waals surface area contributed by atoms with Crippen LogP contribution in [0.4, 0.5) is 8.78 Å². The average molecular weight is 468 g/mol. The number of pyridine rings is 1. The van der Waals surface area contributed by atoms with Crippen LogP contribution >= 0.6 is 0 Å². The minimum atomic E-state index is -3.32. The third kappa shape index (κ3) is 4.07. The van der Waals surface area contributed by atoms with Crippen LogP contribution in [0.25, 0.3) is 11.3 Å². The number of hydrogen-bond donors (Lipinski definition) is 0. The number of aryl methyl sites for hydroxylation is 1. The number of imidazole rings is 1. The van der Waals surface area contributed by atoms with Gasteiger partial charge in [-0.25, -0.2) is 4.98 Å². The van der Waals surface area contributed by atoms with E-state index >= 15 is 0 Å². The molecular weight excluding hydrogens is 446 g/mol. The molecule has 3 aromatic rings.